The number of para-hydroxylation sites is 1. The average Bonchev–Trinajstić information content (AvgIpc) is 3.48. The van der Waals surface area contributed by atoms with E-state index in [0.29, 0.717) is 26.2 Å². The molecule has 0 saturated carbocycles. The number of nitrogens with zero attached hydrogens (tertiary/aromatic N) is 1. The topological polar surface area (TPSA) is 57.4 Å². The Balaban J connectivity index is 1.54. The number of benzene rings is 2. The molecule has 0 aliphatic carbocycles. The second kappa shape index (κ2) is 10.3. The molecule has 2 N–H and O–H groups in total. The van der Waals surface area contributed by atoms with E-state index >= 15 is 0 Å². The van der Waals surface area contributed by atoms with Crippen LogP contribution in [0.2, 0.25) is 0 Å². The Kier molecular flexibility index (Phi) is 7.02. The molecular formula is C25H27N3O2S. The quantitative estimate of drug-likeness (QED) is 0.380. The van der Waals surface area contributed by atoms with E-state index in [4.69, 9.17) is 4.74 Å². The number of carbonyl (C=O) groups is 1. The summed E-state index contributed by atoms with van der Waals surface area (Å²) in [4.78, 5) is 19.4. The number of nitrogens with one attached hydrogen (secondary N) is 2. The number of rotatable bonds is 9. The zero-order valence-corrected chi connectivity index (χ0v) is 18.4. The van der Waals surface area contributed by atoms with Gasteiger partial charge in [-0.3, -0.25) is 0 Å². The van der Waals surface area contributed by atoms with Gasteiger partial charge in [0.05, 0.1) is 13.2 Å². The van der Waals surface area contributed by atoms with Gasteiger partial charge in [-0.2, -0.15) is 0 Å². The highest BCUT2D eigenvalue weighted by atomic mass is 32.1. The van der Waals surface area contributed by atoms with Gasteiger partial charge in [-0.05, 0) is 28.6 Å². The number of fused-ring (bicyclic) bond motifs is 1. The third kappa shape index (κ3) is 5.16. The zero-order chi connectivity index (χ0) is 21.5. The van der Waals surface area contributed by atoms with Crippen molar-refractivity contribution in [1.29, 1.82) is 0 Å². The minimum Gasteiger partial charge on any atom is -0.383 e. The van der Waals surface area contributed by atoms with Crippen LogP contribution in [0, 0.1) is 0 Å². The van der Waals surface area contributed by atoms with Gasteiger partial charge in [0.15, 0.2) is 0 Å². The van der Waals surface area contributed by atoms with Gasteiger partial charge in [-0.15, -0.1) is 11.3 Å². The molecule has 0 bridgehead atoms. The Morgan fingerprint density at radius 3 is 2.68 bits per heavy atom. The molecule has 0 spiro atoms. The highest BCUT2D eigenvalue weighted by Gasteiger charge is 2.21. The van der Waals surface area contributed by atoms with Crippen LogP contribution in [-0.4, -0.2) is 42.7 Å². The Morgan fingerprint density at radius 2 is 1.90 bits per heavy atom. The van der Waals surface area contributed by atoms with Crippen LogP contribution in [0.1, 0.15) is 21.9 Å². The summed E-state index contributed by atoms with van der Waals surface area (Å²) in [6.07, 6.45) is 2.06. The molecule has 0 fully saturated rings. The third-order valence-corrected chi connectivity index (χ3v) is 6.30. The van der Waals surface area contributed by atoms with Crippen LogP contribution in [0.15, 0.2) is 78.3 Å². The predicted octanol–water partition coefficient (Wildman–Crippen LogP) is 5.22. The summed E-state index contributed by atoms with van der Waals surface area (Å²) in [5, 5.41) is 6.39. The van der Waals surface area contributed by atoms with E-state index in [0.717, 1.165) is 10.4 Å². The molecule has 0 aliphatic rings. The number of ether oxygens (including phenoxy) is 1. The second-order valence-corrected chi connectivity index (χ2v) is 8.46. The van der Waals surface area contributed by atoms with Crippen molar-refractivity contribution in [3.8, 4) is 0 Å². The normalized spacial score (nSPS) is 12.0. The van der Waals surface area contributed by atoms with Crippen LogP contribution in [0.4, 0.5) is 4.79 Å². The molecule has 6 heteroatoms. The molecule has 2 aromatic carbocycles. The second-order valence-electron chi connectivity index (χ2n) is 7.43. The Morgan fingerprint density at radius 1 is 1.10 bits per heavy atom. The zero-order valence-electron chi connectivity index (χ0n) is 17.6. The molecule has 2 aromatic heterocycles. The van der Waals surface area contributed by atoms with Crippen LogP contribution in [-0.2, 0) is 11.3 Å². The van der Waals surface area contributed by atoms with Gasteiger partial charge in [0.2, 0.25) is 0 Å². The van der Waals surface area contributed by atoms with Crippen molar-refractivity contribution in [2.75, 3.05) is 26.8 Å². The smallest absolute Gasteiger partial charge is 0.317 e. The number of urea groups is 1. The van der Waals surface area contributed by atoms with Crippen LogP contribution in [0.5, 0.6) is 0 Å². The van der Waals surface area contributed by atoms with Crippen LogP contribution >= 0.6 is 11.3 Å². The first-order valence-corrected chi connectivity index (χ1v) is 11.3. The van der Waals surface area contributed by atoms with Crippen LogP contribution < -0.4 is 5.32 Å². The number of H-pyrrole nitrogens is 1. The van der Waals surface area contributed by atoms with Crippen molar-refractivity contribution in [1.82, 2.24) is 15.2 Å². The molecule has 160 valence electrons. The minimum atomic E-state index is -0.0776. The predicted molar refractivity (Wildman–Crippen MR) is 127 cm³/mol. The fourth-order valence-electron chi connectivity index (χ4n) is 3.82. The average molecular weight is 434 g/mol. The molecule has 5 nitrogen and oxygen atoms in total. The number of amides is 2. The summed E-state index contributed by atoms with van der Waals surface area (Å²) in [6.45, 7) is 2.14. The number of methoxy groups -OCH3 is 1. The van der Waals surface area contributed by atoms with Gasteiger partial charge in [0.1, 0.15) is 0 Å². The lowest BCUT2D eigenvalue weighted by Crippen LogP contribution is -2.42. The van der Waals surface area contributed by atoms with E-state index in [2.05, 4.69) is 46.8 Å². The Bertz CT molecular complexity index is 1090. The SMILES string of the molecule is COCCN(Cc1cccs1)C(=O)NCC(c1ccccc1)c1c[nH]c2ccccc12. The summed E-state index contributed by atoms with van der Waals surface area (Å²) in [7, 11) is 1.66. The van der Waals surface area contributed by atoms with Crippen LogP contribution in [0.3, 0.4) is 0 Å². The van der Waals surface area contributed by atoms with E-state index in [1.165, 1.54) is 16.5 Å². The standard InChI is InChI=1S/C25H27N3O2S/c1-30-14-13-28(18-20-10-7-15-31-20)25(29)27-16-22(19-8-3-2-4-9-19)23-17-26-24-12-6-5-11-21(23)24/h2-12,15,17,22,26H,13-14,16,18H2,1H3,(H,27,29). The number of thiophene rings is 1. The van der Waals surface area contributed by atoms with Gasteiger partial charge in [-0.25, -0.2) is 4.79 Å². The molecule has 2 heterocycles. The van der Waals surface area contributed by atoms with Gasteiger partial charge in [0, 0.05) is 48.1 Å². The first kappa shape index (κ1) is 21.2. The highest BCUT2D eigenvalue weighted by Crippen LogP contribution is 2.30. The van der Waals surface area contributed by atoms with Crippen molar-refractivity contribution in [3.05, 3.63) is 94.3 Å². The summed E-state index contributed by atoms with van der Waals surface area (Å²) in [6, 6.07) is 22.6. The molecule has 0 aliphatic heterocycles. The number of hydrogen-bond donors (Lipinski definition) is 2. The largest absolute Gasteiger partial charge is 0.383 e. The summed E-state index contributed by atoms with van der Waals surface area (Å²) in [5.41, 5.74) is 3.46. The van der Waals surface area contributed by atoms with Crippen molar-refractivity contribution in [2.24, 2.45) is 0 Å². The van der Waals surface area contributed by atoms with E-state index in [1.807, 2.05) is 46.7 Å². The van der Waals surface area contributed by atoms with Gasteiger partial charge < -0.3 is 19.9 Å². The molecule has 0 saturated heterocycles. The number of hydrogen-bond acceptors (Lipinski definition) is 3. The van der Waals surface area contributed by atoms with Gasteiger partial charge in [0.25, 0.3) is 0 Å². The van der Waals surface area contributed by atoms with Crippen molar-refractivity contribution in [3.63, 3.8) is 0 Å². The van der Waals surface area contributed by atoms with E-state index < -0.39 is 0 Å². The third-order valence-electron chi connectivity index (χ3n) is 5.44. The Labute approximate surface area is 186 Å². The fraction of sp³-hybridized carbons (Fsp3) is 0.240. The van der Waals surface area contributed by atoms with E-state index in [-0.39, 0.29) is 11.9 Å². The molecule has 4 rings (SSSR count). The molecule has 0 radical (unpaired) electrons. The maximum absolute atomic E-state index is 13.1. The number of aromatic nitrogens is 1. The highest BCUT2D eigenvalue weighted by molar-refractivity contribution is 7.09. The van der Waals surface area contributed by atoms with Gasteiger partial charge >= 0.3 is 6.03 Å². The summed E-state index contributed by atoms with van der Waals surface area (Å²) >= 11 is 1.66. The summed E-state index contributed by atoms with van der Waals surface area (Å²) < 4.78 is 5.22. The molecule has 4 aromatic rings. The monoisotopic (exact) mass is 433 g/mol. The number of carbonyl (C=O) groups excluding carboxylic acids is 1. The van der Waals surface area contributed by atoms with E-state index in [9.17, 15) is 4.79 Å². The lowest BCUT2D eigenvalue weighted by molar-refractivity contribution is 0.147. The maximum atomic E-state index is 13.1. The van der Waals surface area contributed by atoms with Crippen molar-refractivity contribution >= 4 is 28.3 Å². The molecule has 1 atom stereocenters. The van der Waals surface area contributed by atoms with Gasteiger partial charge in [-0.1, -0.05) is 54.6 Å². The fourth-order valence-corrected chi connectivity index (χ4v) is 4.54. The first-order chi connectivity index (χ1) is 15.3. The maximum Gasteiger partial charge on any atom is 0.317 e. The van der Waals surface area contributed by atoms with Crippen molar-refractivity contribution < 1.29 is 9.53 Å². The first-order valence-electron chi connectivity index (χ1n) is 10.4. The van der Waals surface area contributed by atoms with Crippen LogP contribution in [0.25, 0.3) is 10.9 Å². The molecule has 2 amide bonds. The van der Waals surface area contributed by atoms with Crippen molar-refractivity contribution in [2.45, 2.75) is 12.5 Å². The molecular weight excluding hydrogens is 406 g/mol. The lowest BCUT2D eigenvalue weighted by atomic mass is 9.91. The number of aromatic amines is 1. The molecule has 31 heavy (non-hydrogen) atoms. The Hall–Kier alpha value is -3.09. The minimum absolute atomic E-state index is 0.0484. The van der Waals surface area contributed by atoms with E-state index in [1.54, 1.807) is 18.4 Å². The summed E-state index contributed by atoms with van der Waals surface area (Å²) in [5.74, 6) is 0.0484. The molecule has 1 unspecified atom stereocenters. The lowest BCUT2D eigenvalue weighted by Gasteiger charge is -2.24.